The molecule has 0 heterocycles. The molecule has 0 bridgehead atoms. The van der Waals surface area contributed by atoms with Crippen molar-refractivity contribution in [2.75, 3.05) is 6.61 Å². The van der Waals surface area contributed by atoms with Crippen LogP contribution in [-0.2, 0) is 14.3 Å². The number of carbonyl (C=O) groups is 2. The van der Waals surface area contributed by atoms with Gasteiger partial charge in [0.25, 0.3) is 0 Å². The van der Waals surface area contributed by atoms with Crippen LogP contribution in [0.2, 0.25) is 0 Å². The average Bonchev–Trinajstić information content (AvgIpc) is 3.16. The number of aliphatic hydroxyl groups is 4. The zero-order chi connectivity index (χ0) is 23.4. The zero-order valence-electron chi connectivity index (χ0n) is 18.7. The summed E-state index contributed by atoms with van der Waals surface area (Å²) < 4.78 is 5.82. The maximum absolute atomic E-state index is 12.7. The van der Waals surface area contributed by atoms with Crippen molar-refractivity contribution in [3.05, 3.63) is 10.6 Å². The highest BCUT2D eigenvalue weighted by Crippen LogP contribution is 2.69. The molecule has 0 amide bonds. The number of hydrogen-bond donors (Lipinski definition) is 4. The van der Waals surface area contributed by atoms with Crippen molar-refractivity contribution in [1.29, 1.82) is 0 Å². The summed E-state index contributed by atoms with van der Waals surface area (Å²) >= 11 is 6.23. The number of halogens is 1. The third-order valence-corrected chi connectivity index (χ3v) is 8.37. The molecule has 4 N–H and O–H groups in total. The summed E-state index contributed by atoms with van der Waals surface area (Å²) in [4.78, 5) is 25.4. The summed E-state index contributed by atoms with van der Waals surface area (Å²) in [6.07, 6.45) is 1.36. The molecule has 3 rings (SSSR count). The Morgan fingerprint density at radius 2 is 1.90 bits per heavy atom. The van der Waals surface area contributed by atoms with Gasteiger partial charge < -0.3 is 25.2 Å². The molecular formula is C23H35ClO7. The number of unbranched alkanes of at least 4 members (excludes halogenated alkanes) is 3. The fourth-order valence-corrected chi connectivity index (χ4v) is 6.72. The fraction of sp³-hybridized carbons (Fsp3) is 0.826. The van der Waals surface area contributed by atoms with E-state index in [1.54, 1.807) is 6.92 Å². The first kappa shape index (κ1) is 24.6. The highest BCUT2D eigenvalue weighted by Gasteiger charge is 2.76. The molecule has 0 aromatic rings. The standard InChI is InChI=1S/C23H35ClO7/c1-5-6-7-8-9-13(26)20(29)31-19-14-12(10-21(19,2)3)17(27)15-16(24)18(28)23(30,11-25)22(14,15)4/h12-14,17,19,25-27,30H,5-11H2,1-4H3/t12-,13?,14-,17-,19+,22-,23-/m0/s1. The molecule has 0 aromatic heterocycles. The Hall–Kier alpha value is -0.990. The normalized spacial score (nSPS) is 39.6. The molecule has 7 atom stereocenters. The van der Waals surface area contributed by atoms with E-state index in [0.29, 0.717) is 19.3 Å². The number of fused-ring (bicyclic) bond motifs is 3. The Morgan fingerprint density at radius 1 is 1.26 bits per heavy atom. The molecule has 0 aromatic carbocycles. The molecule has 7 nitrogen and oxygen atoms in total. The van der Waals surface area contributed by atoms with E-state index in [0.717, 1.165) is 19.3 Å². The Labute approximate surface area is 188 Å². The molecule has 2 saturated carbocycles. The van der Waals surface area contributed by atoms with Gasteiger partial charge in [-0.1, -0.05) is 65.0 Å². The number of ketones is 1. The SMILES string of the molecule is CCCCCCC(O)C(=O)O[C@@H]1[C@@H]2[C@H](CC1(C)C)[C@H](O)C1=C(Cl)C(=O)[C@@](O)(CO)[C@]12C. The minimum Gasteiger partial charge on any atom is -0.460 e. The maximum Gasteiger partial charge on any atom is 0.335 e. The lowest BCUT2D eigenvalue weighted by molar-refractivity contribution is -0.178. The van der Waals surface area contributed by atoms with Crippen LogP contribution in [0.25, 0.3) is 0 Å². The van der Waals surface area contributed by atoms with Gasteiger partial charge in [0.15, 0.2) is 11.7 Å². The van der Waals surface area contributed by atoms with Crippen molar-refractivity contribution in [1.82, 2.24) is 0 Å². The number of esters is 1. The van der Waals surface area contributed by atoms with Gasteiger partial charge in [-0.2, -0.15) is 0 Å². The van der Waals surface area contributed by atoms with Gasteiger partial charge in [0.1, 0.15) is 6.10 Å². The lowest BCUT2D eigenvalue weighted by Crippen LogP contribution is -2.57. The zero-order valence-corrected chi connectivity index (χ0v) is 19.5. The Bertz CT molecular complexity index is 778. The Kier molecular flexibility index (Phi) is 6.69. The van der Waals surface area contributed by atoms with E-state index in [4.69, 9.17) is 16.3 Å². The summed E-state index contributed by atoms with van der Waals surface area (Å²) in [6.45, 7) is 6.61. The van der Waals surface area contributed by atoms with E-state index in [1.807, 2.05) is 13.8 Å². The highest BCUT2D eigenvalue weighted by molar-refractivity contribution is 6.45. The van der Waals surface area contributed by atoms with Crippen molar-refractivity contribution in [2.24, 2.45) is 22.7 Å². The van der Waals surface area contributed by atoms with Crippen molar-refractivity contribution >= 4 is 23.4 Å². The molecule has 176 valence electrons. The van der Waals surface area contributed by atoms with E-state index in [2.05, 4.69) is 6.92 Å². The van der Waals surface area contributed by atoms with Crippen molar-refractivity contribution in [3.63, 3.8) is 0 Å². The summed E-state index contributed by atoms with van der Waals surface area (Å²) in [5.74, 6) is -2.61. The molecule has 0 spiro atoms. The van der Waals surface area contributed by atoms with Crippen LogP contribution in [0, 0.1) is 22.7 Å². The van der Waals surface area contributed by atoms with Gasteiger partial charge >= 0.3 is 5.97 Å². The second-order valence-electron chi connectivity index (χ2n) is 10.3. The number of Topliss-reactive ketones (excluding diaryl/α,β-unsaturated/α-hetero) is 1. The third kappa shape index (κ3) is 3.48. The Morgan fingerprint density at radius 3 is 2.48 bits per heavy atom. The van der Waals surface area contributed by atoms with Crippen LogP contribution in [0.4, 0.5) is 0 Å². The van der Waals surface area contributed by atoms with Crippen molar-refractivity contribution < 1.29 is 34.8 Å². The molecule has 3 aliphatic carbocycles. The first-order valence-electron chi connectivity index (χ1n) is 11.2. The number of rotatable bonds is 8. The lowest BCUT2D eigenvalue weighted by Gasteiger charge is -2.44. The minimum atomic E-state index is -2.20. The van der Waals surface area contributed by atoms with Crippen LogP contribution in [0.5, 0.6) is 0 Å². The van der Waals surface area contributed by atoms with Gasteiger partial charge in [-0.3, -0.25) is 4.79 Å². The molecule has 31 heavy (non-hydrogen) atoms. The topological polar surface area (TPSA) is 124 Å². The summed E-state index contributed by atoms with van der Waals surface area (Å²) in [5, 5.41) is 42.3. The molecule has 0 radical (unpaired) electrons. The second-order valence-corrected chi connectivity index (χ2v) is 10.7. The molecular weight excluding hydrogens is 424 g/mol. The summed E-state index contributed by atoms with van der Waals surface area (Å²) in [6, 6.07) is 0. The smallest absolute Gasteiger partial charge is 0.335 e. The van der Waals surface area contributed by atoms with Crippen LogP contribution < -0.4 is 0 Å². The lowest BCUT2D eigenvalue weighted by atomic mass is 9.64. The van der Waals surface area contributed by atoms with Crippen LogP contribution in [-0.4, -0.2) is 62.7 Å². The number of carbonyl (C=O) groups excluding carboxylic acids is 2. The quantitative estimate of drug-likeness (QED) is 0.324. The van der Waals surface area contributed by atoms with Gasteiger partial charge in [-0.05, 0) is 24.3 Å². The Balaban J connectivity index is 1.90. The summed E-state index contributed by atoms with van der Waals surface area (Å²) in [7, 11) is 0. The number of ether oxygens (including phenoxy) is 1. The first-order valence-corrected chi connectivity index (χ1v) is 11.6. The van der Waals surface area contributed by atoms with Gasteiger partial charge in [0.2, 0.25) is 5.78 Å². The molecule has 2 fully saturated rings. The molecule has 8 heteroatoms. The third-order valence-electron chi connectivity index (χ3n) is 7.99. The van der Waals surface area contributed by atoms with Gasteiger partial charge in [-0.25, -0.2) is 4.79 Å². The van der Waals surface area contributed by atoms with Gasteiger partial charge in [-0.15, -0.1) is 0 Å². The van der Waals surface area contributed by atoms with Crippen molar-refractivity contribution in [2.45, 2.75) is 90.1 Å². The first-order chi connectivity index (χ1) is 14.4. The predicted octanol–water partition coefficient (Wildman–Crippen LogP) is 2.07. The van der Waals surface area contributed by atoms with Gasteiger partial charge in [0.05, 0.1) is 17.7 Å². The molecule has 3 aliphatic rings. The number of hydrogen-bond acceptors (Lipinski definition) is 7. The van der Waals surface area contributed by atoms with Gasteiger partial charge in [0, 0.05) is 16.7 Å². The van der Waals surface area contributed by atoms with Crippen LogP contribution in [0.1, 0.15) is 66.2 Å². The fourth-order valence-electron chi connectivity index (χ4n) is 6.25. The van der Waals surface area contributed by atoms with Crippen molar-refractivity contribution in [3.8, 4) is 0 Å². The predicted molar refractivity (Wildman–Crippen MR) is 114 cm³/mol. The van der Waals surface area contributed by atoms with E-state index in [1.165, 1.54) is 0 Å². The van der Waals surface area contributed by atoms with Crippen LogP contribution >= 0.6 is 11.6 Å². The number of aliphatic hydroxyl groups excluding tert-OH is 3. The molecule has 1 unspecified atom stereocenters. The van der Waals surface area contributed by atoms with E-state index in [-0.39, 0.29) is 10.6 Å². The van der Waals surface area contributed by atoms with E-state index in [9.17, 15) is 30.0 Å². The van der Waals surface area contributed by atoms with E-state index < -0.39 is 64.9 Å². The average molecular weight is 459 g/mol. The monoisotopic (exact) mass is 458 g/mol. The second kappa shape index (κ2) is 8.41. The highest BCUT2D eigenvalue weighted by atomic mass is 35.5. The molecule has 0 saturated heterocycles. The van der Waals surface area contributed by atoms with E-state index >= 15 is 0 Å². The maximum atomic E-state index is 12.7. The van der Waals surface area contributed by atoms with Crippen LogP contribution in [0.3, 0.4) is 0 Å². The van der Waals surface area contributed by atoms with Crippen LogP contribution in [0.15, 0.2) is 10.6 Å². The minimum absolute atomic E-state index is 0.211. The largest absolute Gasteiger partial charge is 0.460 e. The summed E-state index contributed by atoms with van der Waals surface area (Å²) in [5.41, 5.74) is -3.95. The molecule has 0 aliphatic heterocycles.